The fraction of sp³-hybridized carbons (Fsp3) is 0.364. The van der Waals surface area contributed by atoms with Crippen LogP contribution in [0.2, 0.25) is 0 Å². The van der Waals surface area contributed by atoms with Gasteiger partial charge in [0, 0.05) is 36.8 Å². The second kappa shape index (κ2) is 12.9. The first kappa shape index (κ1) is 28.2. The van der Waals surface area contributed by atoms with Crippen molar-refractivity contribution >= 4 is 30.1 Å². The van der Waals surface area contributed by atoms with Gasteiger partial charge >= 0.3 is 6.16 Å². The minimum atomic E-state index is -1.35. The maximum absolute atomic E-state index is 13.1. The molecule has 1 N–H and O–H groups in total. The summed E-state index contributed by atoms with van der Waals surface area (Å²) in [5.41, 5.74) is 5.27. The third-order valence-corrected chi connectivity index (χ3v) is 7.97. The Morgan fingerprint density at radius 3 is 2.63 bits per heavy atom. The van der Waals surface area contributed by atoms with Gasteiger partial charge in [-0.1, -0.05) is 68.7 Å². The van der Waals surface area contributed by atoms with E-state index in [1.54, 1.807) is 12.1 Å². The van der Waals surface area contributed by atoms with Crippen LogP contribution in [0, 0.1) is 11.8 Å². The number of carbonyl (C=O) groups is 3. The van der Waals surface area contributed by atoms with Gasteiger partial charge in [0.25, 0.3) is 0 Å². The van der Waals surface area contributed by atoms with E-state index in [1.165, 1.54) is 0 Å². The Balaban J connectivity index is 1.39. The quantitative estimate of drug-likeness (QED) is 0.183. The molecule has 8 heteroatoms. The summed E-state index contributed by atoms with van der Waals surface area (Å²) >= 11 is 0. The fourth-order valence-corrected chi connectivity index (χ4v) is 5.79. The number of hydrogen-bond acceptors (Lipinski definition) is 5. The predicted molar refractivity (Wildman–Crippen MR) is 157 cm³/mol. The van der Waals surface area contributed by atoms with Gasteiger partial charge in [0.2, 0.25) is 5.91 Å². The Labute approximate surface area is 239 Å². The number of benzene rings is 2. The van der Waals surface area contributed by atoms with Crippen LogP contribution in [0.3, 0.4) is 0 Å². The van der Waals surface area contributed by atoms with Crippen LogP contribution in [-0.2, 0) is 29.0 Å². The zero-order valence-corrected chi connectivity index (χ0v) is 23.3. The topological polar surface area (TPSA) is 111 Å². The SMILES string of the molecule is CCCCc1nc2c(n1Cc1ccc(-c3ccccc3OC(=O)O)cc1)CC(=NC(=O)[C@@H]1CCCC[C@H]1C=O)C=C2. The molecule has 0 unspecified atom stereocenters. The molecular formula is C33H35N3O5. The van der Waals surface area contributed by atoms with Crippen molar-refractivity contribution in [2.45, 2.75) is 64.8 Å². The van der Waals surface area contributed by atoms with Gasteiger partial charge in [-0.2, -0.15) is 0 Å². The Hall–Kier alpha value is -4.33. The number of aliphatic imine (C=N–C) groups is 1. The number of unbranched alkanes of at least 4 members (excludes halogenated alkanes) is 1. The number of amides is 1. The van der Waals surface area contributed by atoms with Crippen molar-refractivity contribution in [1.82, 2.24) is 9.55 Å². The molecule has 1 aromatic heterocycles. The number of aldehydes is 1. The third-order valence-electron chi connectivity index (χ3n) is 7.97. The predicted octanol–water partition coefficient (Wildman–Crippen LogP) is 6.54. The first-order chi connectivity index (χ1) is 20.0. The molecule has 0 spiro atoms. The summed E-state index contributed by atoms with van der Waals surface area (Å²) in [5.74, 6) is 0.550. The molecule has 1 fully saturated rings. The number of hydrogen-bond donors (Lipinski definition) is 1. The Kier molecular flexibility index (Phi) is 8.87. The van der Waals surface area contributed by atoms with Gasteiger partial charge in [-0.3, -0.25) is 4.79 Å². The van der Waals surface area contributed by atoms with Crippen LogP contribution < -0.4 is 4.74 Å². The normalized spacial score (nSPS) is 19.1. The maximum atomic E-state index is 13.1. The average molecular weight is 554 g/mol. The zero-order chi connectivity index (χ0) is 28.8. The summed E-state index contributed by atoms with van der Waals surface area (Å²) in [6.07, 6.45) is 10.2. The van der Waals surface area contributed by atoms with Crippen LogP contribution >= 0.6 is 0 Å². The number of carboxylic acid groups (broad SMARTS) is 1. The highest BCUT2D eigenvalue weighted by Gasteiger charge is 2.31. The molecule has 2 aliphatic carbocycles. The molecule has 2 aliphatic rings. The van der Waals surface area contributed by atoms with E-state index in [1.807, 2.05) is 48.6 Å². The number of nitrogens with zero attached hydrogens (tertiary/aromatic N) is 3. The Bertz CT molecular complexity index is 1480. The van der Waals surface area contributed by atoms with Gasteiger partial charge < -0.3 is 19.2 Å². The number of imidazole rings is 1. The van der Waals surface area contributed by atoms with E-state index < -0.39 is 6.16 Å². The van der Waals surface area contributed by atoms with E-state index >= 15 is 0 Å². The Morgan fingerprint density at radius 1 is 1.10 bits per heavy atom. The molecule has 3 aromatic rings. The van der Waals surface area contributed by atoms with Crippen LogP contribution in [0.15, 0.2) is 59.6 Å². The van der Waals surface area contributed by atoms with E-state index in [0.29, 0.717) is 30.0 Å². The van der Waals surface area contributed by atoms with E-state index in [-0.39, 0.29) is 17.7 Å². The zero-order valence-electron chi connectivity index (χ0n) is 23.3. The molecule has 1 amide bonds. The summed E-state index contributed by atoms with van der Waals surface area (Å²) in [6, 6.07) is 15.1. The van der Waals surface area contributed by atoms with Crippen LogP contribution in [0.5, 0.6) is 5.75 Å². The molecule has 2 aromatic carbocycles. The highest BCUT2D eigenvalue weighted by Crippen LogP contribution is 2.32. The lowest BCUT2D eigenvalue weighted by atomic mass is 9.79. The number of para-hydroxylation sites is 1. The molecule has 0 aliphatic heterocycles. The number of aromatic nitrogens is 2. The van der Waals surface area contributed by atoms with Crippen molar-refractivity contribution in [3.8, 4) is 16.9 Å². The van der Waals surface area contributed by atoms with E-state index in [2.05, 4.69) is 16.5 Å². The third kappa shape index (κ3) is 6.53. The average Bonchev–Trinajstić information content (AvgIpc) is 3.32. The molecule has 2 atom stereocenters. The molecule has 212 valence electrons. The van der Waals surface area contributed by atoms with E-state index in [9.17, 15) is 14.4 Å². The van der Waals surface area contributed by atoms with Gasteiger partial charge in [0.15, 0.2) is 0 Å². The minimum Gasteiger partial charge on any atom is -0.449 e. The molecule has 8 nitrogen and oxygen atoms in total. The number of allylic oxidation sites excluding steroid dienone is 1. The lowest BCUT2D eigenvalue weighted by molar-refractivity contribution is -0.128. The molecule has 0 radical (unpaired) electrons. The first-order valence-electron chi connectivity index (χ1n) is 14.4. The number of rotatable bonds is 9. The number of aryl methyl sites for hydroxylation is 1. The largest absolute Gasteiger partial charge is 0.511 e. The maximum Gasteiger partial charge on any atom is 0.511 e. The number of fused-ring (bicyclic) bond motifs is 1. The molecular weight excluding hydrogens is 518 g/mol. The van der Waals surface area contributed by atoms with Gasteiger partial charge in [0.1, 0.15) is 17.9 Å². The van der Waals surface area contributed by atoms with Crippen LogP contribution in [0.1, 0.15) is 68.2 Å². The highest BCUT2D eigenvalue weighted by molar-refractivity contribution is 6.07. The summed E-state index contributed by atoms with van der Waals surface area (Å²) < 4.78 is 7.20. The van der Waals surface area contributed by atoms with E-state index in [4.69, 9.17) is 14.8 Å². The number of carbonyl (C=O) groups excluding carboxylic acids is 2. The lowest BCUT2D eigenvalue weighted by Gasteiger charge is -2.25. The van der Waals surface area contributed by atoms with Crippen molar-refractivity contribution in [2.24, 2.45) is 16.8 Å². The van der Waals surface area contributed by atoms with Crippen molar-refractivity contribution < 1.29 is 24.2 Å². The standard InChI is InChI=1S/C33H35N3O5/c1-2-3-12-31-35-28-18-17-25(34-32(38)27-10-5-4-8-24(27)21-37)19-29(28)36(31)20-22-13-15-23(16-14-22)26-9-6-7-11-30(26)41-33(39)40/h6-7,9,11,13-18,21,24,27H,2-5,8,10,12,19-20H2,1H3,(H,39,40)/t24-,27+/m0/s1. The van der Waals surface area contributed by atoms with Crippen LogP contribution in [0.4, 0.5) is 4.79 Å². The minimum absolute atomic E-state index is 0.190. The molecule has 5 rings (SSSR count). The van der Waals surface area contributed by atoms with Gasteiger partial charge in [-0.05, 0) is 48.6 Å². The first-order valence-corrected chi connectivity index (χ1v) is 14.4. The van der Waals surface area contributed by atoms with Crippen molar-refractivity contribution in [2.75, 3.05) is 0 Å². The summed E-state index contributed by atoms with van der Waals surface area (Å²) in [7, 11) is 0. The molecule has 1 heterocycles. The number of ether oxygens (including phenoxy) is 1. The smallest absolute Gasteiger partial charge is 0.449 e. The molecule has 0 bridgehead atoms. The van der Waals surface area contributed by atoms with Gasteiger partial charge in [-0.25, -0.2) is 14.8 Å². The molecule has 1 saturated carbocycles. The second-order valence-electron chi connectivity index (χ2n) is 10.8. The summed E-state index contributed by atoms with van der Waals surface area (Å²) in [4.78, 5) is 45.1. The molecule has 0 saturated heterocycles. The van der Waals surface area contributed by atoms with Gasteiger partial charge in [-0.15, -0.1) is 0 Å². The van der Waals surface area contributed by atoms with Crippen molar-refractivity contribution in [3.63, 3.8) is 0 Å². The molecule has 41 heavy (non-hydrogen) atoms. The van der Waals surface area contributed by atoms with E-state index in [0.717, 1.165) is 79.6 Å². The monoisotopic (exact) mass is 553 g/mol. The highest BCUT2D eigenvalue weighted by atomic mass is 16.7. The second-order valence-corrected chi connectivity index (χ2v) is 10.8. The summed E-state index contributed by atoms with van der Waals surface area (Å²) in [5, 5.41) is 9.09. The Morgan fingerprint density at radius 2 is 1.88 bits per heavy atom. The van der Waals surface area contributed by atoms with Crippen LogP contribution in [0.25, 0.3) is 17.2 Å². The fourth-order valence-electron chi connectivity index (χ4n) is 5.79. The summed E-state index contributed by atoms with van der Waals surface area (Å²) in [6.45, 7) is 2.77. The van der Waals surface area contributed by atoms with Crippen LogP contribution in [-0.4, -0.2) is 38.7 Å². The van der Waals surface area contributed by atoms with Gasteiger partial charge in [0.05, 0.1) is 17.1 Å². The van der Waals surface area contributed by atoms with Crippen molar-refractivity contribution in [1.29, 1.82) is 0 Å². The van der Waals surface area contributed by atoms with Crippen molar-refractivity contribution in [3.05, 3.63) is 77.4 Å². The lowest BCUT2D eigenvalue weighted by Crippen LogP contribution is -2.28.